The summed E-state index contributed by atoms with van der Waals surface area (Å²) in [6.45, 7) is 7.86. The molecular formula is C11H23NO2S. The van der Waals surface area contributed by atoms with Crippen LogP contribution in [-0.2, 0) is 9.84 Å². The van der Waals surface area contributed by atoms with Gasteiger partial charge in [0.15, 0.2) is 9.84 Å². The summed E-state index contributed by atoms with van der Waals surface area (Å²) < 4.78 is 24.0. The van der Waals surface area contributed by atoms with Gasteiger partial charge in [-0.15, -0.1) is 0 Å². The maximum Gasteiger partial charge on any atom is 0.154 e. The molecule has 0 aromatic carbocycles. The first kappa shape index (κ1) is 13.0. The molecule has 1 aliphatic rings. The zero-order chi connectivity index (χ0) is 11.5. The first-order valence-electron chi connectivity index (χ1n) is 5.73. The summed E-state index contributed by atoms with van der Waals surface area (Å²) in [5.74, 6) is 0.336. The van der Waals surface area contributed by atoms with E-state index in [2.05, 4.69) is 26.1 Å². The Kier molecular flexibility index (Phi) is 4.18. The third-order valence-electron chi connectivity index (χ3n) is 2.90. The standard InChI is InChI=1S/C11H23NO2S/c1-11(2,3)6-8-15(13,14)10-5-4-7-12-9-10/h10,12H,4-9H2,1-3H3. The second-order valence-electron chi connectivity index (χ2n) is 5.65. The van der Waals surface area contributed by atoms with Crippen LogP contribution < -0.4 is 5.32 Å². The molecule has 0 bridgehead atoms. The third-order valence-corrected chi connectivity index (χ3v) is 5.09. The lowest BCUT2D eigenvalue weighted by molar-refractivity contribution is 0.395. The van der Waals surface area contributed by atoms with Crippen LogP contribution in [0.15, 0.2) is 0 Å². The molecule has 3 nitrogen and oxygen atoms in total. The van der Waals surface area contributed by atoms with Crippen molar-refractivity contribution in [3.63, 3.8) is 0 Å². The van der Waals surface area contributed by atoms with Gasteiger partial charge in [-0.25, -0.2) is 8.42 Å². The molecule has 1 heterocycles. The highest BCUT2D eigenvalue weighted by Gasteiger charge is 2.28. The fourth-order valence-electron chi connectivity index (χ4n) is 1.74. The first-order chi connectivity index (χ1) is 6.81. The zero-order valence-electron chi connectivity index (χ0n) is 10.0. The van der Waals surface area contributed by atoms with Crippen molar-refractivity contribution in [3.8, 4) is 0 Å². The van der Waals surface area contributed by atoms with Gasteiger partial charge >= 0.3 is 0 Å². The highest BCUT2D eigenvalue weighted by Crippen LogP contribution is 2.22. The van der Waals surface area contributed by atoms with Crippen molar-refractivity contribution < 1.29 is 8.42 Å². The molecule has 4 heteroatoms. The summed E-state index contributed by atoms with van der Waals surface area (Å²) in [6, 6.07) is 0. The predicted octanol–water partition coefficient (Wildman–Crippen LogP) is 1.59. The summed E-state index contributed by atoms with van der Waals surface area (Å²) >= 11 is 0. The first-order valence-corrected chi connectivity index (χ1v) is 7.45. The molecule has 0 saturated carbocycles. The lowest BCUT2D eigenvalue weighted by Gasteiger charge is -2.25. The molecule has 0 aliphatic carbocycles. The molecule has 0 spiro atoms. The Hall–Kier alpha value is -0.0900. The van der Waals surface area contributed by atoms with Gasteiger partial charge in [-0.1, -0.05) is 20.8 Å². The van der Waals surface area contributed by atoms with Crippen LogP contribution in [0.4, 0.5) is 0 Å². The Morgan fingerprint density at radius 1 is 1.33 bits per heavy atom. The number of nitrogens with one attached hydrogen (secondary N) is 1. The van der Waals surface area contributed by atoms with E-state index in [0.717, 1.165) is 25.8 Å². The van der Waals surface area contributed by atoms with Gasteiger partial charge in [0.25, 0.3) is 0 Å². The molecule has 0 aromatic heterocycles. The van der Waals surface area contributed by atoms with Gasteiger partial charge in [0, 0.05) is 6.54 Å². The van der Waals surface area contributed by atoms with Gasteiger partial charge < -0.3 is 5.32 Å². The highest BCUT2D eigenvalue weighted by atomic mass is 32.2. The molecule has 1 N–H and O–H groups in total. The SMILES string of the molecule is CC(C)(C)CCS(=O)(=O)C1CCCNC1. The number of hydrogen-bond acceptors (Lipinski definition) is 3. The largest absolute Gasteiger partial charge is 0.315 e. The smallest absolute Gasteiger partial charge is 0.154 e. The molecule has 1 fully saturated rings. The van der Waals surface area contributed by atoms with Gasteiger partial charge in [-0.05, 0) is 31.2 Å². The number of hydrogen-bond donors (Lipinski definition) is 1. The Bertz CT molecular complexity index is 284. The Balaban J connectivity index is 2.51. The van der Waals surface area contributed by atoms with E-state index < -0.39 is 9.84 Å². The molecule has 1 saturated heterocycles. The summed E-state index contributed by atoms with van der Waals surface area (Å²) in [4.78, 5) is 0. The Morgan fingerprint density at radius 3 is 2.47 bits per heavy atom. The minimum absolute atomic E-state index is 0.106. The lowest BCUT2D eigenvalue weighted by atomic mass is 9.94. The summed E-state index contributed by atoms with van der Waals surface area (Å²) in [5, 5.41) is 3.01. The maximum absolute atomic E-state index is 12.0. The van der Waals surface area contributed by atoms with E-state index in [1.54, 1.807) is 0 Å². The molecule has 15 heavy (non-hydrogen) atoms. The lowest BCUT2D eigenvalue weighted by Crippen LogP contribution is -2.40. The molecule has 0 aromatic rings. The average molecular weight is 233 g/mol. The average Bonchev–Trinajstić information content (AvgIpc) is 2.16. The van der Waals surface area contributed by atoms with Crippen LogP contribution in [0, 0.1) is 5.41 Å². The number of sulfone groups is 1. The molecule has 0 amide bonds. The van der Waals surface area contributed by atoms with Crippen molar-refractivity contribution in [2.24, 2.45) is 5.41 Å². The van der Waals surface area contributed by atoms with E-state index in [9.17, 15) is 8.42 Å². The van der Waals surface area contributed by atoms with E-state index in [1.807, 2.05) is 0 Å². The minimum atomic E-state index is -2.88. The van der Waals surface area contributed by atoms with Gasteiger partial charge in [-0.3, -0.25) is 0 Å². The van der Waals surface area contributed by atoms with Crippen LogP contribution in [0.1, 0.15) is 40.0 Å². The molecule has 1 aliphatic heterocycles. The van der Waals surface area contributed by atoms with Gasteiger partial charge in [-0.2, -0.15) is 0 Å². The Labute approximate surface area is 93.6 Å². The maximum atomic E-state index is 12.0. The normalized spacial score (nSPS) is 24.1. The quantitative estimate of drug-likeness (QED) is 0.805. The predicted molar refractivity (Wildman–Crippen MR) is 63.8 cm³/mol. The molecule has 90 valence electrons. The topological polar surface area (TPSA) is 46.2 Å². The van der Waals surface area contributed by atoms with Gasteiger partial charge in [0.1, 0.15) is 0 Å². The van der Waals surface area contributed by atoms with E-state index in [0.29, 0.717) is 12.3 Å². The zero-order valence-corrected chi connectivity index (χ0v) is 10.9. The summed E-state index contributed by atoms with van der Waals surface area (Å²) in [6.07, 6.45) is 2.57. The fourth-order valence-corrected chi connectivity index (χ4v) is 3.87. The summed E-state index contributed by atoms with van der Waals surface area (Å²) in [5.41, 5.74) is 0.106. The summed E-state index contributed by atoms with van der Waals surface area (Å²) in [7, 11) is -2.88. The van der Waals surface area contributed by atoms with Crippen LogP contribution in [0.2, 0.25) is 0 Å². The second-order valence-corrected chi connectivity index (χ2v) is 8.05. The van der Waals surface area contributed by atoms with E-state index >= 15 is 0 Å². The molecule has 0 radical (unpaired) electrons. The van der Waals surface area contributed by atoms with Crippen molar-refractivity contribution in [2.75, 3.05) is 18.8 Å². The van der Waals surface area contributed by atoms with Crippen molar-refractivity contribution in [2.45, 2.75) is 45.3 Å². The van der Waals surface area contributed by atoms with Crippen molar-refractivity contribution in [1.82, 2.24) is 5.32 Å². The second kappa shape index (κ2) is 4.83. The van der Waals surface area contributed by atoms with Gasteiger partial charge in [0.05, 0.1) is 11.0 Å². The van der Waals surface area contributed by atoms with Gasteiger partial charge in [0.2, 0.25) is 0 Å². The third kappa shape index (κ3) is 4.51. The fraction of sp³-hybridized carbons (Fsp3) is 1.00. The monoisotopic (exact) mass is 233 g/mol. The van der Waals surface area contributed by atoms with Crippen molar-refractivity contribution >= 4 is 9.84 Å². The van der Waals surface area contributed by atoms with Crippen LogP contribution >= 0.6 is 0 Å². The van der Waals surface area contributed by atoms with Crippen molar-refractivity contribution in [3.05, 3.63) is 0 Å². The highest BCUT2D eigenvalue weighted by molar-refractivity contribution is 7.92. The van der Waals surface area contributed by atoms with Crippen LogP contribution in [-0.4, -0.2) is 32.5 Å². The van der Waals surface area contributed by atoms with E-state index in [-0.39, 0.29) is 10.7 Å². The van der Waals surface area contributed by atoms with E-state index in [1.165, 1.54) is 0 Å². The van der Waals surface area contributed by atoms with Crippen LogP contribution in [0.3, 0.4) is 0 Å². The molecule has 1 atom stereocenters. The number of piperidine rings is 1. The van der Waals surface area contributed by atoms with Crippen LogP contribution in [0.25, 0.3) is 0 Å². The molecular weight excluding hydrogens is 210 g/mol. The van der Waals surface area contributed by atoms with E-state index in [4.69, 9.17) is 0 Å². The van der Waals surface area contributed by atoms with Crippen molar-refractivity contribution in [1.29, 1.82) is 0 Å². The number of rotatable bonds is 3. The molecule has 1 unspecified atom stereocenters. The van der Waals surface area contributed by atoms with Crippen LogP contribution in [0.5, 0.6) is 0 Å². The molecule has 1 rings (SSSR count). The minimum Gasteiger partial charge on any atom is -0.315 e. The Morgan fingerprint density at radius 2 is 2.00 bits per heavy atom.